The van der Waals surface area contributed by atoms with Gasteiger partial charge in [0.2, 0.25) is 0 Å². The molecule has 13 heavy (non-hydrogen) atoms. The second-order valence-corrected chi connectivity index (χ2v) is 4.68. The van der Waals surface area contributed by atoms with E-state index in [1.54, 1.807) is 0 Å². The molecule has 0 radical (unpaired) electrons. The quantitative estimate of drug-likeness (QED) is 0.720. The molecule has 0 aromatic heterocycles. The van der Waals surface area contributed by atoms with Crippen molar-refractivity contribution < 1.29 is 4.74 Å². The molecule has 1 aliphatic carbocycles. The Morgan fingerprint density at radius 1 is 1.46 bits per heavy atom. The molecule has 0 amide bonds. The third-order valence-electron chi connectivity index (χ3n) is 3.85. The number of rotatable bonds is 3. The van der Waals surface area contributed by atoms with Crippen LogP contribution in [0.15, 0.2) is 0 Å². The van der Waals surface area contributed by atoms with E-state index in [2.05, 4.69) is 19.3 Å². The first-order chi connectivity index (χ1) is 6.30. The maximum Gasteiger partial charge on any atom is 0.0578 e. The summed E-state index contributed by atoms with van der Waals surface area (Å²) >= 11 is 0. The zero-order valence-corrected chi connectivity index (χ0v) is 8.81. The van der Waals surface area contributed by atoms with Crippen molar-refractivity contribution in [2.24, 2.45) is 11.3 Å². The van der Waals surface area contributed by atoms with Gasteiger partial charge in [-0.1, -0.05) is 6.92 Å². The van der Waals surface area contributed by atoms with Gasteiger partial charge < -0.3 is 10.1 Å². The van der Waals surface area contributed by atoms with E-state index >= 15 is 0 Å². The molecule has 2 aliphatic rings. The van der Waals surface area contributed by atoms with Gasteiger partial charge in [0.1, 0.15) is 0 Å². The summed E-state index contributed by atoms with van der Waals surface area (Å²) in [6.07, 6.45) is 5.79. The summed E-state index contributed by atoms with van der Waals surface area (Å²) in [6, 6.07) is 0. The Labute approximate surface area is 81.0 Å². The Bertz CT molecular complexity index is 183. The molecule has 0 aromatic rings. The molecule has 1 spiro atoms. The van der Waals surface area contributed by atoms with Crippen LogP contribution in [0, 0.1) is 11.3 Å². The van der Waals surface area contributed by atoms with E-state index in [0.29, 0.717) is 11.5 Å². The van der Waals surface area contributed by atoms with Crippen LogP contribution in [0.1, 0.15) is 32.6 Å². The van der Waals surface area contributed by atoms with Crippen LogP contribution in [0.5, 0.6) is 0 Å². The van der Waals surface area contributed by atoms with Crippen LogP contribution in [0.25, 0.3) is 0 Å². The average molecular weight is 183 g/mol. The van der Waals surface area contributed by atoms with E-state index in [-0.39, 0.29) is 0 Å². The number of hydrogen-bond acceptors (Lipinski definition) is 2. The molecule has 1 saturated carbocycles. The highest BCUT2D eigenvalue weighted by Crippen LogP contribution is 2.60. The molecule has 3 unspecified atom stereocenters. The Balaban J connectivity index is 1.87. The lowest BCUT2D eigenvalue weighted by Crippen LogP contribution is -2.28. The van der Waals surface area contributed by atoms with Crippen molar-refractivity contribution in [2.45, 2.75) is 38.7 Å². The SMILES string of the molecule is CCC1CC2(CCO1)CC2CNC. The van der Waals surface area contributed by atoms with Gasteiger partial charge in [0.05, 0.1) is 6.10 Å². The van der Waals surface area contributed by atoms with E-state index in [1.165, 1.54) is 32.2 Å². The van der Waals surface area contributed by atoms with Gasteiger partial charge in [-0.3, -0.25) is 0 Å². The zero-order chi connectivity index (χ0) is 9.31. The van der Waals surface area contributed by atoms with Crippen molar-refractivity contribution in [1.29, 1.82) is 0 Å². The van der Waals surface area contributed by atoms with Gasteiger partial charge in [-0.05, 0) is 50.6 Å². The lowest BCUT2D eigenvalue weighted by atomic mass is 9.89. The Morgan fingerprint density at radius 3 is 3.00 bits per heavy atom. The monoisotopic (exact) mass is 183 g/mol. The van der Waals surface area contributed by atoms with Crippen molar-refractivity contribution in [3.8, 4) is 0 Å². The van der Waals surface area contributed by atoms with Crippen molar-refractivity contribution in [3.63, 3.8) is 0 Å². The van der Waals surface area contributed by atoms with Gasteiger partial charge in [-0.25, -0.2) is 0 Å². The molecular formula is C11H21NO. The van der Waals surface area contributed by atoms with Gasteiger partial charge in [-0.15, -0.1) is 0 Å². The molecular weight excluding hydrogens is 162 g/mol. The predicted molar refractivity (Wildman–Crippen MR) is 53.7 cm³/mol. The molecule has 1 aliphatic heterocycles. The summed E-state index contributed by atoms with van der Waals surface area (Å²) in [5.41, 5.74) is 0.682. The molecule has 3 atom stereocenters. The molecule has 0 aromatic carbocycles. The van der Waals surface area contributed by atoms with Crippen LogP contribution in [-0.4, -0.2) is 26.3 Å². The maximum atomic E-state index is 5.71. The summed E-state index contributed by atoms with van der Waals surface area (Å²) < 4.78 is 5.71. The fourth-order valence-electron chi connectivity index (χ4n) is 2.83. The zero-order valence-electron chi connectivity index (χ0n) is 8.81. The maximum absolute atomic E-state index is 5.71. The molecule has 2 rings (SSSR count). The first-order valence-electron chi connectivity index (χ1n) is 5.57. The Morgan fingerprint density at radius 2 is 2.31 bits per heavy atom. The number of nitrogens with one attached hydrogen (secondary N) is 1. The van der Waals surface area contributed by atoms with Gasteiger partial charge in [-0.2, -0.15) is 0 Å². The lowest BCUT2D eigenvalue weighted by molar-refractivity contribution is -0.0218. The molecule has 76 valence electrons. The van der Waals surface area contributed by atoms with Gasteiger partial charge in [0.25, 0.3) is 0 Å². The molecule has 2 nitrogen and oxygen atoms in total. The molecule has 0 bridgehead atoms. The van der Waals surface area contributed by atoms with Crippen molar-refractivity contribution in [1.82, 2.24) is 5.32 Å². The summed E-state index contributed by atoms with van der Waals surface area (Å²) in [4.78, 5) is 0. The summed E-state index contributed by atoms with van der Waals surface area (Å²) in [5.74, 6) is 0.940. The molecule has 2 heteroatoms. The molecule has 1 N–H and O–H groups in total. The highest BCUT2D eigenvalue weighted by molar-refractivity contribution is 5.05. The Hall–Kier alpha value is -0.0800. The minimum absolute atomic E-state index is 0.551. The van der Waals surface area contributed by atoms with Gasteiger partial charge >= 0.3 is 0 Å². The third-order valence-corrected chi connectivity index (χ3v) is 3.85. The Kier molecular flexibility index (Phi) is 2.61. The normalized spacial score (nSPS) is 43.8. The smallest absolute Gasteiger partial charge is 0.0578 e. The van der Waals surface area contributed by atoms with Crippen LogP contribution in [0.2, 0.25) is 0 Å². The van der Waals surface area contributed by atoms with Crippen LogP contribution < -0.4 is 5.32 Å². The number of ether oxygens (including phenoxy) is 1. The van der Waals surface area contributed by atoms with E-state index in [9.17, 15) is 0 Å². The largest absolute Gasteiger partial charge is 0.378 e. The average Bonchev–Trinajstić information content (AvgIpc) is 2.79. The van der Waals surface area contributed by atoms with E-state index < -0.39 is 0 Å². The predicted octanol–water partition coefficient (Wildman–Crippen LogP) is 1.80. The van der Waals surface area contributed by atoms with Crippen LogP contribution in [0.3, 0.4) is 0 Å². The summed E-state index contributed by atoms with van der Waals surface area (Å²) in [7, 11) is 2.06. The lowest BCUT2D eigenvalue weighted by Gasteiger charge is -2.30. The van der Waals surface area contributed by atoms with Gasteiger partial charge in [0.15, 0.2) is 0 Å². The molecule has 1 heterocycles. The fourth-order valence-corrected chi connectivity index (χ4v) is 2.83. The second kappa shape index (κ2) is 3.58. The number of hydrogen-bond donors (Lipinski definition) is 1. The topological polar surface area (TPSA) is 21.3 Å². The third kappa shape index (κ3) is 1.75. The van der Waals surface area contributed by atoms with Crippen LogP contribution in [0.4, 0.5) is 0 Å². The van der Waals surface area contributed by atoms with Crippen LogP contribution in [-0.2, 0) is 4.74 Å². The van der Waals surface area contributed by atoms with Crippen molar-refractivity contribution in [3.05, 3.63) is 0 Å². The highest BCUT2D eigenvalue weighted by atomic mass is 16.5. The molecule has 2 fully saturated rings. The minimum atomic E-state index is 0.551. The highest BCUT2D eigenvalue weighted by Gasteiger charge is 2.54. The second-order valence-electron chi connectivity index (χ2n) is 4.68. The van der Waals surface area contributed by atoms with Crippen molar-refractivity contribution >= 4 is 0 Å². The van der Waals surface area contributed by atoms with E-state index in [1.807, 2.05) is 0 Å². The fraction of sp³-hybridized carbons (Fsp3) is 1.00. The first-order valence-corrected chi connectivity index (χ1v) is 5.57. The van der Waals surface area contributed by atoms with E-state index in [4.69, 9.17) is 4.74 Å². The summed E-state index contributed by atoms with van der Waals surface area (Å²) in [6.45, 7) is 4.44. The standard InChI is InChI=1S/C11H21NO/c1-3-10-7-11(4-5-13-10)6-9(11)8-12-2/h9-10,12H,3-8H2,1-2H3. The summed E-state index contributed by atoms with van der Waals surface area (Å²) in [5, 5.41) is 3.29. The van der Waals surface area contributed by atoms with E-state index in [0.717, 1.165) is 12.5 Å². The molecule has 1 saturated heterocycles. The van der Waals surface area contributed by atoms with Crippen LogP contribution >= 0.6 is 0 Å². The first kappa shape index (κ1) is 9.47. The van der Waals surface area contributed by atoms with Crippen molar-refractivity contribution in [2.75, 3.05) is 20.2 Å². The minimum Gasteiger partial charge on any atom is -0.378 e. The van der Waals surface area contributed by atoms with Gasteiger partial charge in [0, 0.05) is 6.61 Å².